The maximum absolute atomic E-state index is 12.9. The Labute approximate surface area is 154 Å². The first-order chi connectivity index (χ1) is 12.7. The van der Waals surface area contributed by atoms with Crippen LogP contribution in [0.5, 0.6) is 0 Å². The highest BCUT2D eigenvalue weighted by molar-refractivity contribution is 7.08. The summed E-state index contributed by atoms with van der Waals surface area (Å²) in [5, 5.41) is 3.92. The number of likely N-dealkylation sites (tertiary alicyclic amines) is 1. The van der Waals surface area contributed by atoms with Crippen molar-refractivity contribution in [2.45, 2.75) is 25.3 Å². The van der Waals surface area contributed by atoms with E-state index in [2.05, 4.69) is 15.0 Å². The fourth-order valence-electron chi connectivity index (χ4n) is 3.31. The van der Waals surface area contributed by atoms with Crippen molar-refractivity contribution in [3.8, 4) is 11.3 Å². The highest BCUT2D eigenvalue weighted by Crippen LogP contribution is 2.31. The first-order valence-corrected chi connectivity index (χ1v) is 9.51. The Hall–Kier alpha value is -2.80. The van der Waals surface area contributed by atoms with E-state index in [-0.39, 0.29) is 17.5 Å². The zero-order chi connectivity index (χ0) is 17.9. The normalized spacial score (nSPS) is 17.2. The molecular formula is C19H18N4O2S. The van der Waals surface area contributed by atoms with Crippen molar-refractivity contribution < 1.29 is 4.79 Å². The van der Waals surface area contributed by atoms with Crippen molar-refractivity contribution in [2.24, 2.45) is 0 Å². The summed E-state index contributed by atoms with van der Waals surface area (Å²) in [6.45, 7) is 0.644. The summed E-state index contributed by atoms with van der Waals surface area (Å²) in [5.74, 6) is 0.474. The zero-order valence-electron chi connectivity index (χ0n) is 14.1. The fourth-order valence-corrected chi connectivity index (χ4v) is 3.96. The van der Waals surface area contributed by atoms with Gasteiger partial charge in [0.2, 0.25) is 0 Å². The molecule has 1 atom stereocenters. The summed E-state index contributed by atoms with van der Waals surface area (Å²) in [5.41, 5.74) is 1.92. The number of aromatic nitrogens is 3. The number of amides is 1. The Kier molecular flexibility index (Phi) is 4.62. The second kappa shape index (κ2) is 7.21. The van der Waals surface area contributed by atoms with E-state index in [9.17, 15) is 9.59 Å². The smallest absolute Gasteiger partial charge is 0.256 e. The quantitative estimate of drug-likeness (QED) is 0.772. The second-order valence-corrected chi connectivity index (χ2v) is 7.06. The minimum Gasteiger partial charge on any atom is -0.328 e. The number of piperidine rings is 1. The van der Waals surface area contributed by atoms with Crippen molar-refractivity contribution in [2.75, 3.05) is 6.54 Å². The lowest BCUT2D eigenvalue weighted by Crippen LogP contribution is -2.40. The monoisotopic (exact) mass is 366 g/mol. The van der Waals surface area contributed by atoms with Crippen molar-refractivity contribution in [3.63, 3.8) is 0 Å². The third-order valence-corrected chi connectivity index (χ3v) is 5.25. The van der Waals surface area contributed by atoms with Gasteiger partial charge in [-0.3, -0.25) is 14.6 Å². The first-order valence-electron chi connectivity index (χ1n) is 8.57. The van der Waals surface area contributed by atoms with Gasteiger partial charge < -0.3 is 9.88 Å². The molecule has 0 aromatic carbocycles. The van der Waals surface area contributed by atoms with Gasteiger partial charge in [-0.25, -0.2) is 4.98 Å². The zero-order valence-corrected chi connectivity index (χ0v) is 14.9. The summed E-state index contributed by atoms with van der Waals surface area (Å²) in [6, 6.07) is 6.72. The van der Waals surface area contributed by atoms with Crippen LogP contribution in [0.2, 0.25) is 0 Å². The van der Waals surface area contributed by atoms with E-state index in [1.165, 1.54) is 6.07 Å². The van der Waals surface area contributed by atoms with Crippen LogP contribution in [0.1, 0.15) is 41.5 Å². The number of pyridine rings is 1. The van der Waals surface area contributed by atoms with Crippen molar-refractivity contribution >= 4 is 17.2 Å². The molecule has 1 aliphatic heterocycles. The van der Waals surface area contributed by atoms with Gasteiger partial charge >= 0.3 is 0 Å². The Morgan fingerprint density at radius 3 is 3.00 bits per heavy atom. The number of carbonyl (C=O) groups is 1. The molecule has 0 bridgehead atoms. The van der Waals surface area contributed by atoms with Crippen LogP contribution in [0.3, 0.4) is 0 Å². The molecule has 7 heteroatoms. The molecule has 1 saturated heterocycles. The van der Waals surface area contributed by atoms with Gasteiger partial charge in [0.05, 0.1) is 17.3 Å². The van der Waals surface area contributed by atoms with Gasteiger partial charge in [-0.05, 0) is 42.8 Å². The lowest BCUT2D eigenvalue weighted by atomic mass is 10.00. The average molecular weight is 366 g/mol. The predicted octanol–water partition coefficient (Wildman–Crippen LogP) is 3.26. The minimum absolute atomic E-state index is 0.0774. The van der Waals surface area contributed by atoms with Crippen LogP contribution < -0.4 is 5.56 Å². The second-order valence-electron chi connectivity index (χ2n) is 6.28. The van der Waals surface area contributed by atoms with Gasteiger partial charge in [-0.1, -0.05) is 0 Å². The van der Waals surface area contributed by atoms with E-state index in [4.69, 9.17) is 0 Å². The van der Waals surface area contributed by atoms with Crippen molar-refractivity contribution in [1.82, 2.24) is 19.9 Å². The summed E-state index contributed by atoms with van der Waals surface area (Å²) in [7, 11) is 0. The van der Waals surface area contributed by atoms with Crippen molar-refractivity contribution in [1.29, 1.82) is 0 Å². The topological polar surface area (TPSA) is 79.0 Å². The number of thiophene rings is 1. The molecule has 1 fully saturated rings. The van der Waals surface area contributed by atoms with Crippen LogP contribution in [0.4, 0.5) is 0 Å². The minimum atomic E-state index is -0.234. The molecule has 3 aromatic rings. The van der Waals surface area contributed by atoms with Crippen LogP contribution in [0.15, 0.2) is 52.2 Å². The summed E-state index contributed by atoms with van der Waals surface area (Å²) < 4.78 is 0. The Bertz CT molecular complexity index is 953. The number of carbonyl (C=O) groups excluding carboxylic acids is 1. The SMILES string of the molecule is O=C(c1cccnc1)N1CCCC[C@@H]1c1nc(-c2ccsc2)cc(=O)[nH]1. The van der Waals surface area contributed by atoms with Crippen molar-refractivity contribution in [3.05, 3.63) is 69.2 Å². The van der Waals surface area contributed by atoms with E-state index in [1.807, 2.05) is 16.8 Å². The van der Waals surface area contributed by atoms with Gasteiger partial charge in [0.1, 0.15) is 5.82 Å². The van der Waals surface area contributed by atoms with Gasteiger partial charge in [-0.15, -0.1) is 0 Å². The summed E-state index contributed by atoms with van der Waals surface area (Å²) >= 11 is 1.56. The molecule has 132 valence electrons. The Morgan fingerprint density at radius 1 is 1.31 bits per heavy atom. The summed E-state index contributed by atoms with van der Waals surface area (Å²) in [6.07, 6.45) is 5.94. The molecule has 0 radical (unpaired) electrons. The molecule has 1 amide bonds. The Morgan fingerprint density at radius 2 is 2.23 bits per heavy atom. The average Bonchev–Trinajstić information content (AvgIpc) is 3.22. The largest absolute Gasteiger partial charge is 0.328 e. The van der Waals surface area contributed by atoms with E-state index >= 15 is 0 Å². The fraction of sp³-hybridized carbons (Fsp3) is 0.263. The molecule has 0 saturated carbocycles. The molecule has 4 heterocycles. The maximum Gasteiger partial charge on any atom is 0.256 e. The first kappa shape index (κ1) is 16.7. The molecule has 0 aliphatic carbocycles. The van der Waals surface area contributed by atoms with Crippen LogP contribution in [0, 0.1) is 0 Å². The molecule has 0 spiro atoms. The molecule has 3 aromatic heterocycles. The standard InChI is InChI=1S/C19H18N4O2S/c24-17-10-15(14-6-9-26-12-14)21-18(22-17)16-5-1-2-8-23(16)19(25)13-4-3-7-20-11-13/h3-4,6-7,9-12,16H,1-2,5,8H2,(H,21,22,24)/t16-/m1/s1. The van der Waals surface area contributed by atoms with Crippen LogP contribution in [-0.2, 0) is 0 Å². The Balaban J connectivity index is 1.71. The summed E-state index contributed by atoms with van der Waals surface area (Å²) in [4.78, 5) is 38.5. The van der Waals surface area contributed by atoms with Gasteiger partial charge in [0.15, 0.2) is 0 Å². The molecule has 4 rings (SSSR count). The maximum atomic E-state index is 12.9. The highest BCUT2D eigenvalue weighted by atomic mass is 32.1. The number of nitrogens with zero attached hydrogens (tertiary/aromatic N) is 3. The van der Waals surface area contributed by atoms with E-state index in [1.54, 1.807) is 40.8 Å². The van der Waals surface area contributed by atoms with E-state index in [0.29, 0.717) is 23.6 Å². The lowest BCUT2D eigenvalue weighted by molar-refractivity contribution is 0.0599. The molecular weight excluding hydrogens is 348 g/mol. The molecule has 0 unspecified atom stereocenters. The molecule has 1 aliphatic rings. The van der Waals surface area contributed by atoms with E-state index < -0.39 is 0 Å². The third kappa shape index (κ3) is 3.30. The van der Waals surface area contributed by atoms with Gasteiger partial charge in [0.25, 0.3) is 11.5 Å². The highest BCUT2D eigenvalue weighted by Gasteiger charge is 2.30. The number of hydrogen-bond acceptors (Lipinski definition) is 5. The van der Waals surface area contributed by atoms with Gasteiger partial charge in [0, 0.05) is 35.9 Å². The van der Waals surface area contributed by atoms with E-state index in [0.717, 1.165) is 24.8 Å². The predicted molar refractivity (Wildman–Crippen MR) is 100 cm³/mol. The van der Waals surface area contributed by atoms with Gasteiger partial charge in [-0.2, -0.15) is 11.3 Å². The number of aromatic amines is 1. The van der Waals surface area contributed by atoms with Crippen LogP contribution >= 0.6 is 11.3 Å². The lowest BCUT2D eigenvalue weighted by Gasteiger charge is -2.35. The number of hydrogen-bond donors (Lipinski definition) is 1. The molecule has 26 heavy (non-hydrogen) atoms. The molecule has 1 N–H and O–H groups in total. The number of H-pyrrole nitrogens is 1. The number of rotatable bonds is 3. The third-order valence-electron chi connectivity index (χ3n) is 4.56. The van der Waals surface area contributed by atoms with Crippen LogP contribution in [0.25, 0.3) is 11.3 Å². The van der Waals surface area contributed by atoms with Crippen LogP contribution in [-0.4, -0.2) is 32.3 Å². The molecule has 6 nitrogen and oxygen atoms in total. The number of nitrogens with one attached hydrogen (secondary N) is 1.